The third-order valence-electron chi connectivity index (χ3n) is 1.35. The first kappa shape index (κ1) is 14.6. The molecule has 7 heteroatoms. The van der Waals surface area contributed by atoms with Crippen molar-refractivity contribution in [2.75, 3.05) is 0 Å². The van der Waals surface area contributed by atoms with Gasteiger partial charge in [0.1, 0.15) is 0 Å². The van der Waals surface area contributed by atoms with Gasteiger partial charge >= 0.3 is 35.5 Å². The first-order valence-electron chi connectivity index (χ1n) is 3.76. The summed E-state index contributed by atoms with van der Waals surface area (Å²) in [5.74, 6) is -0.718. The third kappa shape index (κ3) is 4.76. The van der Waals surface area contributed by atoms with Gasteiger partial charge in [-0.15, -0.1) is 0 Å². The number of carbonyl (C=O) groups excluding carboxylic acids is 1. The predicted octanol–water partition coefficient (Wildman–Crippen LogP) is -0.206. The van der Waals surface area contributed by atoms with Crippen LogP contribution in [0, 0.1) is 0 Å². The predicted molar refractivity (Wildman–Crippen MR) is 55.7 cm³/mol. The SMILES string of the molecule is CC(=O)ONS(=O)(=O)c1ccccc1.[NaH]. The molecule has 0 aliphatic rings. The van der Waals surface area contributed by atoms with Crippen LogP contribution in [-0.4, -0.2) is 43.9 Å². The van der Waals surface area contributed by atoms with Crippen LogP contribution in [0.3, 0.4) is 0 Å². The molecule has 0 aromatic heterocycles. The van der Waals surface area contributed by atoms with Gasteiger partial charge in [-0.05, 0) is 17.0 Å². The molecule has 0 aliphatic heterocycles. The molecule has 1 aromatic rings. The molecule has 5 nitrogen and oxygen atoms in total. The van der Waals surface area contributed by atoms with Gasteiger partial charge in [-0.3, -0.25) is 4.79 Å². The zero-order chi connectivity index (χ0) is 10.6. The molecule has 0 heterocycles. The Morgan fingerprint density at radius 2 is 1.80 bits per heavy atom. The molecular weight excluding hydrogens is 229 g/mol. The molecule has 1 N–H and O–H groups in total. The van der Waals surface area contributed by atoms with Crippen LogP contribution in [0.15, 0.2) is 35.2 Å². The summed E-state index contributed by atoms with van der Waals surface area (Å²) in [5.41, 5.74) is 0. The van der Waals surface area contributed by atoms with E-state index >= 15 is 0 Å². The van der Waals surface area contributed by atoms with Crippen molar-refractivity contribution in [3.05, 3.63) is 30.3 Å². The minimum atomic E-state index is -3.75. The second kappa shape index (κ2) is 6.24. The number of hydrogen-bond acceptors (Lipinski definition) is 4. The van der Waals surface area contributed by atoms with Crippen LogP contribution in [0.2, 0.25) is 0 Å². The average Bonchev–Trinajstić information content (AvgIpc) is 2.16. The quantitative estimate of drug-likeness (QED) is 0.585. The van der Waals surface area contributed by atoms with Crippen LogP contribution >= 0.6 is 0 Å². The first-order chi connectivity index (χ1) is 6.52. The molecule has 15 heavy (non-hydrogen) atoms. The van der Waals surface area contributed by atoms with E-state index in [1.807, 2.05) is 0 Å². The Morgan fingerprint density at radius 1 is 1.27 bits per heavy atom. The maximum absolute atomic E-state index is 11.3. The topological polar surface area (TPSA) is 72.5 Å². The van der Waals surface area contributed by atoms with Crippen LogP contribution in [0.25, 0.3) is 0 Å². The van der Waals surface area contributed by atoms with Gasteiger partial charge in [0.15, 0.2) is 0 Å². The molecule has 0 saturated heterocycles. The Balaban J connectivity index is 0.00000196. The number of sulfonamides is 1. The first-order valence-corrected chi connectivity index (χ1v) is 5.25. The fourth-order valence-electron chi connectivity index (χ4n) is 0.761. The molecule has 0 saturated carbocycles. The molecule has 0 aliphatic carbocycles. The standard InChI is InChI=1S/C8H9NO4S.Na.H/c1-7(10)13-9-14(11,12)8-5-3-2-4-6-8;;/h2-6,9H,1H3;;. The van der Waals surface area contributed by atoms with Gasteiger partial charge in [-0.25, -0.2) is 8.42 Å². The molecule has 0 atom stereocenters. The van der Waals surface area contributed by atoms with Gasteiger partial charge in [0, 0.05) is 6.92 Å². The van der Waals surface area contributed by atoms with Crippen molar-refractivity contribution >= 4 is 45.5 Å². The van der Waals surface area contributed by atoms with Crippen molar-refractivity contribution < 1.29 is 18.0 Å². The zero-order valence-corrected chi connectivity index (χ0v) is 8.24. The van der Waals surface area contributed by atoms with Crippen molar-refractivity contribution in [3.63, 3.8) is 0 Å². The van der Waals surface area contributed by atoms with E-state index in [1.54, 1.807) is 23.1 Å². The Hall–Kier alpha value is -0.400. The summed E-state index contributed by atoms with van der Waals surface area (Å²) < 4.78 is 22.7. The van der Waals surface area contributed by atoms with Gasteiger partial charge < -0.3 is 4.84 Å². The van der Waals surface area contributed by atoms with E-state index in [9.17, 15) is 13.2 Å². The minimum absolute atomic E-state index is 0. The summed E-state index contributed by atoms with van der Waals surface area (Å²) in [4.78, 5) is 16.3. The monoisotopic (exact) mass is 239 g/mol. The summed E-state index contributed by atoms with van der Waals surface area (Å²) in [5, 5.41) is 0. The molecule has 0 radical (unpaired) electrons. The maximum atomic E-state index is 11.3. The van der Waals surface area contributed by atoms with E-state index in [-0.39, 0.29) is 34.5 Å². The Morgan fingerprint density at radius 3 is 2.27 bits per heavy atom. The van der Waals surface area contributed by atoms with Crippen molar-refractivity contribution in [1.82, 2.24) is 4.89 Å². The van der Waals surface area contributed by atoms with Crippen LogP contribution in [0.4, 0.5) is 0 Å². The van der Waals surface area contributed by atoms with Gasteiger partial charge in [0.2, 0.25) is 0 Å². The van der Waals surface area contributed by atoms with Crippen molar-refractivity contribution in [2.24, 2.45) is 0 Å². The molecule has 78 valence electrons. The second-order valence-corrected chi connectivity index (χ2v) is 4.14. The molecule has 1 rings (SSSR count). The summed E-state index contributed by atoms with van der Waals surface area (Å²) in [6.07, 6.45) is 0. The summed E-state index contributed by atoms with van der Waals surface area (Å²) in [6, 6.07) is 7.62. The van der Waals surface area contributed by atoms with Crippen LogP contribution in [0.1, 0.15) is 6.92 Å². The van der Waals surface area contributed by atoms with Gasteiger partial charge in [-0.1, -0.05) is 18.2 Å². The summed E-state index contributed by atoms with van der Waals surface area (Å²) in [6.45, 7) is 1.10. The van der Waals surface area contributed by atoms with Gasteiger partial charge in [0.25, 0.3) is 10.0 Å². The molecule has 0 unspecified atom stereocenters. The number of nitrogens with one attached hydrogen (secondary N) is 1. The number of benzene rings is 1. The van der Waals surface area contributed by atoms with Gasteiger partial charge in [-0.2, -0.15) is 0 Å². The molecular formula is C8H10NNaO4S. The molecule has 1 aromatic carbocycles. The normalized spacial score (nSPS) is 10.2. The van der Waals surface area contributed by atoms with E-state index in [2.05, 4.69) is 4.84 Å². The molecule has 0 spiro atoms. The van der Waals surface area contributed by atoms with Gasteiger partial charge in [0.05, 0.1) is 4.90 Å². The number of rotatable bonds is 3. The Bertz CT molecular complexity index is 418. The zero-order valence-electron chi connectivity index (χ0n) is 7.43. The molecule has 0 bridgehead atoms. The molecule has 0 amide bonds. The Kier molecular flexibility index (Phi) is 6.07. The van der Waals surface area contributed by atoms with Crippen molar-refractivity contribution in [1.29, 1.82) is 0 Å². The van der Waals surface area contributed by atoms with Crippen LogP contribution in [-0.2, 0) is 19.7 Å². The van der Waals surface area contributed by atoms with E-state index in [0.29, 0.717) is 0 Å². The number of hydrogen-bond donors (Lipinski definition) is 1. The average molecular weight is 239 g/mol. The molecule has 0 fully saturated rings. The van der Waals surface area contributed by atoms with Crippen molar-refractivity contribution in [3.8, 4) is 0 Å². The van der Waals surface area contributed by atoms with Crippen LogP contribution < -0.4 is 4.89 Å². The van der Waals surface area contributed by atoms with Crippen molar-refractivity contribution in [2.45, 2.75) is 11.8 Å². The van der Waals surface area contributed by atoms with E-state index in [1.165, 1.54) is 12.1 Å². The fraction of sp³-hybridized carbons (Fsp3) is 0.125. The fourth-order valence-corrected chi connectivity index (χ4v) is 1.60. The third-order valence-corrected chi connectivity index (χ3v) is 2.54. The Labute approximate surface area is 110 Å². The van der Waals surface area contributed by atoms with E-state index < -0.39 is 16.0 Å². The summed E-state index contributed by atoms with van der Waals surface area (Å²) in [7, 11) is -3.75. The van der Waals surface area contributed by atoms with E-state index in [4.69, 9.17) is 0 Å². The number of carbonyl (C=O) groups is 1. The summed E-state index contributed by atoms with van der Waals surface area (Å²) >= 11 is 0. The van der Waals surface area contributed by atoms with Crippen LogP contribution in [0.5, 0.6) is 0 Å². The van der Waals surface area contributed by atoms with E-state index in [0.717, 1.165) is 6.92 Å². The second-order valence-electron chi connectivity index (χ2n) is 2.49.